The van der Waals surface area contributed by atoms with E-state index in [-0.39, 0.29) is 0 Å². The first-order valence-electron chi connectivity index (χ1n) is 11.4. The summed E-state index contributed by atoms with van der Waals surface area (Å²) in [7, 11) is -0.909. The molecule has 0 heterocycles. The number of aldehydes is 1. The second kappa shape index (κ2) is 11.4. The summed E-state index contributed by atoms with van der Waals surface area (Å²) < 4.78 is 59.1. The van der Waals surface area contributed by atoms with Crippen molar-refractivity contribution in [1.82, 2.24) is 0 Å². The highest BCUT2D eigenvalue weighted by atomic mass is 32.2. The number of ether oxygens (including phenoxy) is 3. The number of hydrogen-bond acceptors (Lipinski definition) is 7. The van der Waals surface area contributed by atoms with Crippen molar-refractivity contribution in [1.29, 1.82) is 0 Å². The van der Waals surface area contributed by atoms with E-state index < -0.39 is 21.7 Å². The van der Waals surface area contributed by atoms with Gasteiger partial charge in [0.1, 0.15) is 23.9 Å². The third kappa shape index (κ3) is 6.12. The maximum absolute atomic E-state index is 14.6. The topological polar surface area (TPSA) is 88.1 Å². The van der Waals surface area contributed by atoms with Gasteiger partial charge in [-0.25, -0.2) is 4.39 Å². The summed E-state index contributed by atoms with van der Waals surface area (Å²) in [5.41, 5.74) is 3.60. The molecule has 0 aliphatic carbocycles. The zero-order valence-electron chi connectivity index (χ0n) is 20.9. The molecule has 38 heavy (non-hydrogen) atoms. The minimum absolute atomic E-state index is 0.317. The van der Waals surface area contributed by atoms with Crippen LogP contribution in [-0.2, 0) is 16.7 Å². The zero-order chi connectivity index (χ0) is 27.3. The predicted molar refractivity (Wildman–Crippen MR) is 142 cm³/mol. The molecule has 0 saturated carbocycles. The normalized spacial score (nSPS) is 11.1. The summed E-state index contributed by atoms with van der Waals surface area (Å²) in [6.07, 6.45) is 1.57. The fourth-order valence-corrected chi connectivity index (χ4v) is 4.38. The van der Waals surface area contributed by atoms with Crippen molar-refractivity contribution in [2.45, 2.75) is 6.61 Å². The highest BCUT2D eigenvalue weighted by molar-refractivity contribution is 7.86. The number of rotatable bonds is 10. The Labute approximate surface area is 220 Å². The van der Waals surface area contributed by atoms with Crippen LogP contribution in [0.2, 0.25) is 0 Å². The molecular formula is C29H25FO7S. The molecular weight excluding hydrogens is 511 g/mol. The lowest BCUT2D eigenvalue weighted by atomic mass is 9.96. The van der Waals surface area contributed by atoms with E-state index in [0.29, 0.717) is 51.7 Å². The fraction of sp³-hybridized carbons (Fsp3) is 0.138. The van der Waals surface area contributed by atoms with Gasteiger partial charge in [-0.05, 0) is 53.1 Å². The van der Waals surface area contributed by atoms with E-state index >= 15 is 0 Å². The van der Waals surface area contributed by atoms with Crippen molar-refractivity contribution >= 4 is 16.4 Å². The van der Waals surface area contributed by atoms with Crippen LogP contribution in [0.5, 0.6) is 23.0 Å². The molecule has 0 spiro atoms. The molecule has 0 saturated heterocycles. The summed E-state index contributed by atoms with van der Waals surface area (Å²) in [4.78, 5) is 11.9. The van der Waals surface area contributed by atoms with Crippen LogP contribution in [0.15, 0.2) is 78.9 Å². The van der Waals surface area contributed by atoms with E-state index in [4.69, 9.17) is 14.2 Å². The van der Waals surface area contributed by atoms with E-state index in [1.807, 2.05) is 30.3 Å². The first kappa shape index (κ1) is 26.7. The first-order chi connectivity index (χ1) is 18.2. The van der Waals surface area contributed by atoms with Gasteiger partial charge in [0, 0.05) is 11.1 Å². The summed E-state index contributed by atoms with van der Waals surface area (Å²) in [6, 6.07) is 22.2. The van der Waals surface area contributed by atoms with E-state index in [0.717, 1.165) is 24.2 Å². The summed E-state index contributed by atoms with van der Waals surface area (Å²) in [5, 5.41) is 0. The van der Waals surface area contributed by atoms with E-state index in [9.17, 15) is 17.6 Å². The fourth-order valence-electron chi connectivity index (χ4n) is 3.92. The molecule has 0 fully saturated rings. The first-order valence-corrected chi connectivity index (χ1v) is 13.3. The second-order valence-corrected chi connectivity index (χ2v) is 9.91. The Morgan fingerprint density at radius 1 is 0.763 bits per heavy atom. The van der Waals surface area contributed by atoms with Crippen molar-refractivity contribution in [2.75, 3.05) is 20.5 Å². The Hall–Kier alpha value is -4.37. The van der Waals surface area contributed by atoms with Crippen LogP contribution < -0.4 is 18.4 Å². The Bertz CT molecular complexity index is 1570. The molecule has 0 radical (unpaired) electrons. The predicted octanol–water partition coefficient (Wildman–Crippen LogP) is 5.91. The highest BCUT2D eigenvalue weighted by Gasteiger charge is 2.18. The van der Waals surface area contributed by atoms with Gasteiger partial charge in [-0.15, -0.1) is 0 Å². The molecule has 0 atom stereocenters. The third-order valence-electron chi connectivity index (χ3n) is 5.69. The van der Waals surface area contributed by atoms with Crippen LogP contribution in [0.25, 0.3) is 22.3 Å². The Balaban J connectivity index is 1.69. The van der Waals surface area contributed by atoms with E-state index in [1.54, 1.807) is 30.3 Å². The number of halogens is 1. The molecule has 196 valence electrons. The van der Waals surface area contributed by atoms with Gasteiger partial charge in [0.05, 0.1) is 26.0 Å². The molecule has 0 aliphatic heterocycles. The van der Waals surface area contributed by atoms with Gasteiger partial charge in [-0.2, -0.15) is 8.42 Å². The zero-order valence-corrected chi connectivity index (χ0v) is 21.8. The van der Waals surface area contributed by atoms with E-state index in [1.165, 1.54) is 26.4 Å². The Morgan fingerprint density at radius 2 is 1.34 bits per heavy atom. The number of methoxy groups -OCH3 is 2. The van der Waals surface area contributed by atoms with Crippen molar-refractivity contribution in [3.8, 4) is 45.3 Å². The van der Waals surface area contributed by atoms with Crippen LogP contribution in [-0.4, -0.2) is 35.2 Å². The Morgan fingerprint density at radius 3 is 1.87 bits per heavy atom. The van der Waals surface area contributed by atoms with Gasteiger partial charge in [0.2, 0.25) is 0 Å². The maximum Gasteiger partial charge on any atom is 0.306 e. The largest absolute Gasteiger partial charge is 0.496 e. The molecule has 0 N–H and O–H groups in total. The van der Waals surface area contributed by atoms with Gasteiger partial charge in [0.25, 0.3) is 0 Å². The molecule has 0 aromatic heterocycles. The maximum atomic E-state index is 14.6. The van der Waals surface area contributed by atoms with Gasteiger partial charge in [-0.3, -0.25) is 4.79 Å². The minimum Gasteiger partial charge on any atom is -0.496 e. The molecule has 4 aromatic carbocycles. The van der Waals surface area contributed by atoms with Crippen molar-refractivity contribution in [2.24, 2.45) is 0 Å². The molecule has 0 bridgehead atoms. The molecule has 4 rings (SSSR count). The van der Waals surface area contributed by atoms with Gasteiger partial charge >= 0.3 is 10.1 Å². The van der Waals surface area contributed by atoms with Gasteiger partial charge in [-0.1, -0.05) is 42.5 Å². The Kier molecular flexibility index (Phi) is 7.97. The number of benzene rings is 4. The van der Waals surface area contributed by atoms with Gasteiger partial charge in [0.15, 0.2) is 17.9 Å². The second-order valence-electron chi connectivity index (χ2n) is 8.33. The SMILES string of the molecule is COc1cc(-c2ccc(OCc3ccccc3)c(C=O)c2)c(OC)cc1-c1ccc(OS(C)(=O)=O)c(F)c1. The van der Waals surface area contributed by atoms with Gasteiger partial charge < -0.3 is 18.4 Å². The quantitative estimate of drug-likeness (QED) is 0.184. The lowest BCUT2D eigenvalue weighted by molar-refractivity contribution is 0.111. The van der Waals surface area contributed by atoms with Crippen LogP contribution >= 0.6 is 0 Å². The lowest BCUT2D eigenvalue weighted by Gasteiger charge is -2.17. The number of carbonyl (C=O) groups is 1. The molecule has 0 unspecified atom stereocenters. The summed E-state index contributed by atoms with van der Waals surface area (Å²) in [5.74, 6) is 0.0537. The molecule has 7 nitrogen and oxygen atoms in total. The smallest absolute Gasteiger partial charge is 0.306 e. The number of hydrogen-bond donors (Lipinski definition) is 0. The number of carbonyl (C=O) groups excluding carboxylic acids is 1. The lowest BCUT2D eigenvalue weighted by Crippen LogP contribution is -2.07. The van der Waals surface area contributed by atoms with Crippen molar-refractivity contribution < 1.29 is 36.0 Å². The summed E-state index contributed by atoms with van der Waals surface area (Å²) in [6.45, 7) is 0.317. The molecule has 0 aliphatic rings. The average Bonchev–Trinajstić information content (AvgIpc) is 2.92. The third-order valence-corrected chi connectivity index (χ3v) is 6.17. The van der Waals surface area contributed by atoms with Crippen LogP contribution in [0.3, 0.4) is 0 Å². The molecule has 0 amide bonds. The standard InChI is InChI=1S/C29H25FO7S/c1-34-28-16-24(21-10-12-27(25(30)14-21)37-38(3,32)33)29(35-2)15-23(28)20-9-11-26(22(13-20)17-31)36-18-19-7-5-4-6-8-19/h4-17H,18H2,1-3H3. The van der Waals surface area contributed by atoms with Crippen LogP contribution in [0.1, 0.15) is 15.9 Å². The van der Waals surface area contributed by atoms with Crippen LogP contribution in [0, 0.1) is 5.82 Å². The van der Waals surface area contributed by atoms with Crippen LogP contribution in [0.4, 0.5) is 4.39 Å². The van der Waals surface area contributed by atoms with Crippen molar-refractivity contribution in [3.05, 3.63) is 95.8 Å². The summed E-state index contributed by atoms with van der Waals surface area (Å²) >= 11 is 0. The monoisotopic (exact) mass is 536 g/mol. The highest BCUT2D eigenvalue weighted by Crippen LogP contribution is 2.42. The molecule has 4 aromatic rings. The van der Waals surface area contributed by atoms with Crippen molar-refractivity contribution in [3.63, 3.8) is 0 Å². The molecule has 9 heteroatoms. The average molecular weight is 537 g/mol. The minimum atomic E-state index is -3.88. The van der Waals surface area contributed by atoms with E-state index in [2.05, 4.69) is 4.18 Å².